The van der Waals surface area contributed by atoms with Crippen LogP contribution in [-0.2, 0) is 10.0 Å². The van der Waals surface area contributed by atoms with Crippen molar-refractivity contribution in [1.82, 2.24) is 9.21 Å². The van der Waals surface area contributed by atoms with Gasteiger partial charge in [-0.05, 0) is 60.6 Å². The summed E-state index contributed by atoms with van der Waals surface area (Å²) in [6, 6.07) is 3.89. The molecule has 1 saturated heterocycles. The van der Waals surface area contributed by atoms with Gasteiger partial charge in [0.05, 0.1) is 10.5 Å². The maximum absolute atomic E-state index is 12.8. The molecule has 22 heavy (non-hydrogen) atoms. The lowest BCUT2D eigenvalue weighted by Gasteiger charge is -2.35. The van der Waals surface area contributed by atoms with Crippen molar-refractivity contribution in [1.29, 1.82) is 0 Å². The van der Waals surface area contributed by atoms with Crippen LogP contribution in [0.1, 0.15) is 23.2 Å². The average molecular weight is 391 g/mol. The molecule has 0 saturated carbocycles. The highest BCUT2D eigenvalue weighted by Gasteiger charge is 2.31. The van der Waals surface area contributed by atoms with Gasteiger partial charge in [0.1, 0.15) is 0 Å². The van der Waals surface area contributed by atoms with Crippen LogP contribution in [-0.4, -0.2) is 61.9 Å². The Bertz CT molecular complexity index is 677. The monoisotopic (exact) mass is 390 g/mol. The zero-order valence-corrected chi connectivity index (χ0v) is 14.9. The third-order valence-corrected chi connectivity index (χ3v) is 6.84. The van der Waals surface area contributed by atoms with E-state index in [4.69, 9.17) is 5.11 Å². The van der Waals surface area contributed by atoms with Crippen LogP contribution in [0.4, 0.5) is 0 Å². The lowest BCUT2D eigenvalue weighted by Crippen LogP contribution is -2.47. The maximum Gasteiger partial charge on any atom is 0.335 e. The Morgan fingerprint density at radius 3 is 2.68 bits per heavy atom. The third kappa shape index (κ3) is 3.51. The molecule has 1 N–H and O–H groups in total. The second-order valence-corrected chi connectivity index (χ2v) is 8.35. The quantitative estimate of drug-likeness (QED) is 0.848. The molecule has 0 bridgehead atoms. The molecule has 8 heteroatoms. The van der Waals surface area contributed by atoms with Crippen LogP contribution in [0.25, 0.3) is 0 Å². The number of nitrogens with zero attached hydrogens (tertiary/aromatic N) is 2. The summed E-state index contributed by atoms with van der Waals surface area (Å²) >= 11 is 3.18. The van der Waals surface area contributed by atoms with E-state index in [1.807, 2.05) is 7.05 Å². The predicted molar refractivity (Wildman–Crippen MR) is 86.6 cm³/mol. The third-order valence-electron chi connectivity index (χ3n) is 3.95. The first-order chi connectivity index (χ1) is 10.2. The summed E-state index contributed by atoms with van der Waals surface area (Å²) in [5.74, 6) is -1.09. The smallest absolute Gasteiger partial charge is 0.335 e. The number of hydrogen-bond acceptors (Lipinski definition) is 4. The minimum atomic E-state index is -3.67. The number of likely N-dealkylation sites (tertiary alicyclic amines) is 1. The Morgan fingerprint density at radius 2 is 2.14 bits per heavy atom. The highest BCUT2D eigenvalue weighted by molar-refractivity contribution is 9.10. The van der Waals surface area contributed by atoms with Crippen LogP contribution >= 0.6 is 15.9 Å². The van der Waals surface area contributed by atoms with Gasteiger partial charge in [-0.15, -0.1) is 0 Å². The van der Waals surface area contributed by atoms with Gasteiger partial charge in [-0.25, -0.2) is 13.2 Å². The van der Waals surface area contributed by atoms with Crippen LogP contribution < -0.4 is 0 Å². The van der Waals surface area contributed by atoms with E-state index in [0.29, 0.717) is 6.54 Å². The van der Waals surface area contributed by atoms with E-state index in [9.17, 15) is 13.2 Å². The van der Waals surface area contributed by atoms with Gasteiger partial charge in [0.2, 0.25) is 10.0 Å². The fourth-order valence-corrected chi connectivity index (χ4v) is 5.04. The zero-order valence-electron chi connectivity index (χ0n) is 12.5. The molecule has 1 aliphatic heterocycles. The fourth-order valence-electron chi connectivity index (χ4n) is 2.63. The molecule has 0 unspecified atom stereocenters. The summed E-state index contributed by atoms with van der Waals surface area (Å²) in [5, 5.41) is 8.96. The lowest BCUT2D eigenvalue weighted by molar-refractivity contribution is 0.0696. The largest absolute Gasteiger partial charge is 0.478 e. The van der Waals surface area contributed by atoms with Crippen LogP contribution in [0, 0.1) is 0 Å². The van der Waals surface area contributed by atoms with Gasteiger partial charge >= 0.3 is 5.97 Å². The molecule has 1 aromatic rings. The molecule has 0 amide bonds. The Morgan fingerprint density at radius 1 is 1.45 bits per heavy atom. The van der Waals surface area contributed by atoms with Crippen LogP contribution in [0.3, 0.4) is 0 Å². The molecule has 122 valence electrons. The summed E-state index contributed by atoms with van der Waals surface area (Å²) in [7, 11) is -0.112. The molecular weight excluding hydrogens is 372 g/mol. The molecule has 0 aliphatic carbocycles. The summed E-state index contributed by atoms with van der Waals surface area (Å²) < 4.78 is 27.2. The van der Waals surface area contributed by atoms with Crippen molar-refractivity contribution < 1.29 is 18.3 Å². The standard InChI is InChI=1S/C14H19BrN2O4S/c1-16-7-3-4-11(9-16)17(2)22(20,21)13-6-5-10(14(18)19)8-12(13)15/h5-6,8,11H,3-4,7,9H2,1-2H3,(H,18,19)/t11-/m0/s1. The normalized spacial score (nSPS) is 20.3. The summed E-state index contributed by atoms with van der Waals surface area (Å²) in [6.07, 6.45) is 1.78. The second kappa shape index (κ2) is 6.66. The van der Waals surface area contributed by atoms with E-state index < -0.39 is 16.0 Å². The minimum Gasteiger partial charge on any atom is -0.478 e. The Balaban J connectivity index is 2.31. The summed E-state index contributed by atoms with van der Waals surface area (Å²) in [4.78, 5) is 13.2. The topological polar surface area (TPSA) is 77.9 Å². The van der Waals surface area contributed by atoms with Gasteiger partial charge in [-0.2, -0.15) is 4.31 Å². The molecule has 1 aromatic carbocycles. The van der Waals surface area contributed by atoms with E-state index in [2.05, 4.69) is 20.8 Å². The number of carbonyl (C=O) groups is 1. The van der Waals surface area contributed by atoms with Crippen molar-refractivity contribution in [2.75, 3.05) is 27.2 Å². The van der Waals surface area contributed by atoms with E-state index in [-0.39, 0.29) is 21.0 Å². The van der Waals surface area contributed by atoms with Crippen LogP contribution in [0.2, 0.25) is 0 Å². The number of aromatic carboxylic acids is 1. The number of piperidine rings is 1. The summed E-state index contributed by atoms with van der Waals surface area (Å²) in [6.45, 7) is 1.67. The Hall–Kier alpha value is -0.960. The second-order valence-electron chi connectivity index (χ2n) is 5.53. The van der Waals surface area contributed by atoms with E-state index >= 15 is 0 Å². The van der Waals surface area contributed by atoms with Gasteiger partial charge in [0.15, 0.2) is 0 Å². The van der Waals surface area contributed by atoms with E-state index in [1.165, 1.54) is 22.5 Å². The van der Waals surface area contributed by atoms with Gasteiger partial charge in [0.25, 0.3) is 0 Å². The van der Waals surface area contributed by atoms with Crippen LogP contribution in [0.15, 0.2) is 27.6 Å². The Kier molecular flexibility index (Phi) is 5.26. The van der Waals surface area contributed by atoms with Gasteiger partial charge in [-0.3, -0.25) is 0 Å². The lowest BCUT2D eigenvalue weighted by atomic mass is 10.1. The number of halogens is 1. The van der Waals surface area contributed by atoms with Crippen LogP contribution in [0.5, 0.6) is 0 Å². The fraction of sp³-hybridized carbons (Fsp3) is 0.500. The number of rotatable bonds is 4. The molecule has 1 fully saturated rings. The van der Waals surface area contributed by atoms with Crippen molar-refractivity contribution in [3.05, 3.63) is 28.2 Å². The number of benzene rings is 1. The Labute approximate surface area is 138 Å². The minimum absolute atomic E-state index is 0.0471. The molecule has 6 nitrogen and oxygen atoms in total. The predicted octanol–water partition coefficient (Wildman–Crippen LogP) is 1.86. The molecule has 0 aromatic heterocycles. The number of sulfonamides is 1. The highest BCUT2D eigenvalue weighted by atomic mass is 79.9. The van der Waals surface area contributed by atoms with Gasteiger partial charge in [0, 0.05) is 24.1 Å². The first-order valence-electron chi connectivity index (χ1n) is 6.93. The molecule has 2 rings (SSSR count). The molecule has 1 aliphatic rings. The average Bonchev–Trinajstić information content (AvgIpc) is 2.45. The van der Waals surface area contributed by atoms with Gasteiger partial charge in [-0.1, -0.05) is 0 Å². The number of carboxylic acids is 1. The van der Waals surface area contributed by atoms with E-state index in [1.54, 1.807) is 7.05 Å². The molecule has 1 heterocycles. The zero-order chi connectivity index (χ0) is 16.5. The van der Waals surface area contributed by atoms with Crippen molar-refractivity contribution in [3.8, 4) is 0 Å². The van der Waals surface area contributed by atoms with Crippen molar-refractivity contribution in [3.63, 3.8) is 0 Å². The highest BCUT2D eigenvalue weighted by Crippen LogP contribution is 2.28. The number of likely N-dealkylation sites (N-methyl/N-ethyl adjacent to an activating group) is 2. The van der Waals surface area contributed by atoms with Crippen molar-refractivity contribution >= 4 is 31.9 Å². The van der Waals surface area contributed by atoms with Crippen molar-refractivity contribution in [2.45, 2.75) is 23.8 Å². The SMILES string of the molecule is CN1CCC[C@H](N(C)S(=O)(=O)c2ccc(C(=O)O)cc2Br)C1. The number of carboxylic acid groups (broad SMARTS) is 1. The van der Waals surface area contributed by atoms with E-state index in [0.717, 1.165) is 19.4 Å². The molecule has 0 radical (unpaired) electrons. The first kappa shape index (κ1) is 17.4. The van der Waals surface area contributed by atoms with Gasteiger partial charge < -0.3 is 10.0 Å². The maximum atomic E-state index is 12.8. The number of hydrogen-bond donors (Lipinski definition) is 1. The first-order valence-corrected chi connectivity index (χ1v) is 9.16. The summed E-state index contributed by atoms with van der Waals surface area (Å²) in [5.41, 5.74) is 0.0471. The van der Waals surface area contributed by atoms with Crippen molar-refractivity contribution in [2.24, 2.45) is 0 Å². The molecule has 1 atom stereocenters. The molecule has 0 spiro atoms. The molecular formula is C14H19BrN2O4S.